The van der Waals surface area contributed by atoms with Gasteiger partial charge in [0.15, 0.2) is 11.5 Å². The number of unbranched alkanes of at least 4 members (excludes halogenated alkanes) is 2. The molecule has 1 amide bonds. The maximum atomic E-state index is 12.3. The number of ether oxygens (including phenoxy) is 3. The van der Waals surface area contributed by atoms with E-state index in [1.807, 2.05) is 6.92 Å². The monoisotopic (exact) mass is 320 g/mol. The van der Waals surface area contributed by atoms with Crippen molar-refractivity contribution in [2.24, 2.45) is 4.99 Å². The van der Waals surface area contributed by atoms with Crippen LogP contribution in [0.5, 0.6) is 11.5 Å². The van der Waals surface area contributed by atoms with Crippen LogP contribution in [-0.4, -0.2) is 31.9 Å². The molecular formula is C17H24N2O4. The minimum atomic E-state index is -0.270. The van der Waals surface area contributed by atoms with Crippen LogP contribution >= 0.6 is 0 Å². The van der Waals surface area contributed by atoms with E-state index in [4.69, 9.17) is 14.2 Å². The highest BCUT2D eigenvalue weighted by molar-refractivity contribution is 6.04. The highest BCUT2D eigenvalue weighted by atomic mass is 16.7. The van der Waals surface area contributed by atoms with Crippen LogP contribution in [0.3, 0.4) is 0 Å². The zero-order chi connectivity index (χ0) is 16.5. The Balaban J connectivity index is 1.98. The highest BCUT2D eigenvalue weighted by Crippen LogP contribution is 2.32. The Hall–Kier alpha value is -2.24. The van der Waals surface area contributed by atoms with E-state index < -0.39 is 0 Å². The SMILES string of the molecule is CCCCCN=C(NC(=O)c1ccc2c(c1)OCO2)OCCC. The van der Waals surface area contributed by atoms with Gasteiger partial charge in [-0.25, -0.2) is 4.99 Å². The smallest absolute Gasteiger partial charge is 0.291 e. The molecule has 6 nitrogen and oxygen atoms in total. The van der Waals surface area contributed by atoms with Gasteiger partial charge in [0.2, 0.25) is 6.79 Å². The van der Waals surface area contributed by atoms with Gasteiger partial charge in [0.05, 0.1) is 6.61 Å². The van der Waals surface area contributed by atoms with Gasteiger partial charge >= 0.3 is 0 Å². The van der Waals surface area contributed by atoms with Gasteiger partial charge in [-0.2, -0.15) is 0 Å². The molecule has 0 fully saturated rings. The zero-order valence-corrected chi connectivity index (χ0v) is 13.8. The molecule has 0 bridgehead atoms. The Morgan fingerprint density at radius 1 is 1.22 bits per heavy atom. The lowest BCUT2D eigenvalue weighted by Crippen LogP contribution is -2.33. The van der Waals surface area contributed by atoms with Gasteiger partial charge in [-0.05, 0) is 31.0 Å². The number of hydrogen-bond donors (Lipinski definition) is 1. The highest BCUT2D eigenvalue weighted by Gasteiger charge is 2.17. The first-order valence-electron chi connectivity index (χ1n) is 8.12. The lowest BCUT2D eigenvalue weighted by molar-refractivity contribution is 0.0965. The van der Waals surface area contributed by atoms with Crippen molar-refractivity contribution in [3.05, 3.63) is 23.8 Å². The first-order chi connectivity index (χ1) is 11.2. The molecule has 0 unspecified atom stereocenters. The summed E-state index contributed by atoms with van der Waals surface area (Å²) >= 11 is 0. The van der Waals surface area contributed by atoms with E-state index in [1.54, 1.807) is 18.2 Å². The third-order valence-electron chi connectivity index (χ3n) is 3.32. The Morgan fingerprint density at radius 2 is 2.04 bits per heavy atom. The van der Waals surface area contributed by atoms with E-state index in [0.717, 1.165) is 25.7 Å². The van der Waals surface area contributed by atoms with Gasteiger partial charge < -0.3 is 14.2 Å². The van der Waals surface area contributed by atoms with Crippen LogP contribution in [0.15, 0.2) is 23.2 Å². The molecule has 126 valence electrons. The van der Waals surface area contributed by atoms with E-state index in [0.29, 0.717) is 30.2 Å². The number of aliphatic imine (C=N–C) groups is 1. The summed E-state index contributed by atoms with van der Waals surface area (Å²) < 4.78 is 16.0. The van der Waals surface area contributed by atoms with Crippen LogP contribution in [0.25, 0.3) is 0 Å². The van der Waals surface area contributed by atoms with Gasteiger partial charge in [0.1, 0.15) is 0 Å². The topological polar surface area (TPSA) is 69.2 Å². The first-order valence-corrected chi connectivity index (χ1v) is 8.12. The zero-order valence-electron chi connectivity index (χ0n) is 13.8. The molecule has 0 aliphatic carbocycles. The molecule has 1 N–H and O–H groups in total. The second-order valence-electron chi connectivity index (χ2n) is 5.26. The Bertz CT molecular complexity index is 558. The lowest BCUT2D eigenvalue weighted by atomic mass is 10.2. The fraction of sp³-hybridized carbons (Fsp3) is 0.529. The van der Waals surface area contributed by atoms with Crippen LogP contribution < -0.4 is 14.8 Å². The lowest BCUT2D eigenvalue weighted by Gasteiger charge is -2.10. The summed E-state index contributed by atoms with van der Waals surface area (Å²) in [5.41, 5.74) is 0.482. The maximum absolute atomic E-state index is 12.3. The fourth-order valence-corrected chi connectivity index (χ4v) is 2.07. The fourth-order valence-electron chi connectivity index (χ4n) is 2.07. The van der Waals surface area contributed by atoms with Crippen LogP contribution in [0.2, 0.25) is 0 Å². The second-order valence-corrected chi connectivity index (χ2v) is 5.26. The standard InChI is InChI=1S/C17H24N2O4/c1-3-5-6-9-18-17(21-10-4-2)19-16(20)13-7-8-14-15(11-13)23-12-22-14/h7-8,11H,3-6,9-10,12H2,1-2H3,(H,18,19,20). The minimum absolute atomic E-state index is 0.185. The van der Waals surface area contributed by atoms with E-state index >= 15 is 0 Å². The van der Waals surface area contributed by atoms with Crippen molar-refractivity contribution in [1.82, 2.24) is 5.32 Å². The summed E-state index contributed by atoms with van der Waals surface area (Å²) in [5.74, 6) is 0.958. The number of rotatable bonds is 7. The molecule has 0 spiro atoms. The molecule has 1 aromatic carbocycles. The third-order valence-corrected chi connectivity index (χ3v) is 3.32. The average Bonchev–Trinajstić information content (AvgIpc) is 3.03. The molecule has 1 aromatic rings. The summed E-state index contributed by atoms with van der Waals surface area (Å²) in [6.45, 7) is 5.50. The minimum Gasteiger partial charge on any atom is -0.465 e. The van der Waals surface area contributed by atoms with Gasteiger partial charge in [-0.15, -0.1) is 0 Å². The van der Waals surface area contributed by atoms with Crippen LogP contribution in [0.4, 0.5) is 0 Å². The quantitative estimate of drug-likeness (QED) is 0.476. The van der Waals surface area contributed by atoms with E-state index in [-0.39, 0.29) is 18.7 Å². The van der Waals surface area contributed by atoms with Crippen molar-refractivity contribution in [2.75, 3.05) is 19.9 Å². The van der Waals surface area contributed by atoms with Crippen LogP contribution in [0.1, 0.15) is 49.9 Å². The van der Waals surface area contributed by atoms with Crippen molar-refractivity contribution in [3.8, 4) is 11.5 Å². The van der Waals surface area contributed by atoms with Gasteiger partial charge in [0, 0.05) is 12.1 Å². The van der Waals surface area contributed by atoms with Crippen molar-refractivity contribution in [1.29, 1.82) is 0 Å². The normalized spacial score (nSPS) is 13.0. The summed E-state index contributed by atoms with van der Waals surface area (Å²) in [7, 11) is 0. The van der Waals surface area contributed by atoms with E-state index in [1.165, 1.54) is 0 Å². The largest absolute Gasteiger partial charge is 0.465 e. The number of nitrogens with zero attached hydrogens (tertiary/aromatic N) is 1. The Morgan fingerprint density at radius 3 is 2.83 bits per heavy atom. The summed E-state index contributed by atoms with van der Waals surface area (Å²) in [5, 5.41) is 2.73. The maximum Gasteiger partial charge on any atom is 0.291 e. The molecule has 1 aliphatic heterocycles. The summed E-state index contributed by atoms with van der Waals surface area (Å²) in [6, 6.07) is 5.36. The molecule has 0 atom stereocenters. The Labute approximate surface area is 136 Å². The van der Waals surface area contributed by atoms with Crippen molar-refractivity contribution >= 4 is 11.9 Å². The van der Waals surface area contributed by atoms with Crippen molar-refractivity contribution in [3.63, 3.8) is 0 Å². The van der Waals surface area contributed by atoms with Gasteiger partial charge in [0.25, 0.3) is 11.9 Å². The summed E-state index contributed by atoms with van der Waals surface area (Å²) in [4.78, 5) is 16.7. The molecule has 23 heavy (non-hydrogen) atoms. The predicted molar refractivity (Wildman–Crippen MR) is 88.1 cm³/mol. The predicted octanol–water partition coefficient (Wildman–Crippen LogP) is 3.12. The molecule has 1 heterocycles. The number of nitrogens with one attached hydrogen (secondary N) is 1. The number of amidine groups is 1. The second kappa shape index (κ2) is 9.02. The van der Waals surface area contributed by atoms with Gasteiger partial charge in [-0.1, -0.05) is 26.7 Å². The molecule has 2 rings (SSSR count). The van der Waals surface area contributed by atoms with E-state index in [2.05, 4.69) is 17.2 Å². The number of amides is 1. The van der Waals surface area contributed by atoms with Crippen LogP contribution in [0, 0.1) is 0 Å². The number of carbonyl (C=O) groups excluding carboxylic acids is 1. The average molecular weight is 320 g/mol. The number of hydrogen-bond acceptors (Lipinski definition) is 5. The Kier molecular flexibility index (Phi) is 6.72. The summed E-state index contributed by atoms with van der Waals surface area (Å²) in [6.07, 6.45) is 4.08. The van der Waals surface area contributed by atoms with Crippen LogP contribution in [-0.2, 0) is 4.74 Å². The van der Waals surface area contributed by atoms with Gasteiger partial charge in [-0.3, -0.25) is 10.1 Å². The van der Waals surface area contributed by atoms with E-state index in [9.17, 15) is 4.79 Å². The third kappa shape index (κ3) is 5.16. The van der Waals surface area contributed by atoms with Crippen molar-refractivity contribution in [2.45, 2.75) is 39.5 Å². The molecular weight excluding hydrogens is 296 g/mol. The number of carbonyl (C=O) groups is 1. The molecule has 6 heteroatoms. The first kappa shape index (κ1) is 17.1. The molecule has 0 saturated heterocycles. The molecule has 0 saturated carbocycles. The molecule has 0 aromatic heterocycles. The molecule has 0 radical (unpaired) electrons. The molecule has 1 aliphatic rings. The van der Waals surface area contributed by atoms with Crippen molar-refractivity contribution < 1.29 is 19.0 Å². The number of fused-ring (bicyclic) bond motifs is 1. The number of benzene rings is 1.